The number of ether oxygens (including phenoxy) is 2. The number of amides is 2. The van der Waals surface area contributed by atoms with Crippen LogP contribution in [0.3, 0.4) is 0 Å². The Hall–Kier alpha value is -5.84. The number of aliphatic carboxylic acids is 1. The van der Waals surface area contributed by atoms with Gasteiger partial charge in [-0.05, 0) is 104 Å². The van der Waals surface area contributed by atoms with Crippen LogP contribution in [0.4, 0.5) is 5.82 Å². The maximum Gasteiger partial charge on any atom is 0.326 e. The van der Waals surface area contributed by atoms with E-state index in [0.717, 1.165) is 35.3 Å². The zero-order valence-corrected chi connectivity index (χ0v) is 37.7. The molecule has 0 fully saturated rings. The topological polar surface area (TPSA) is 222 Å². The molecule has 6 N–H and O–H groups in total. The predicted molar refractivity (Wildman–Crippen MR) is 245 cm³/mol. The molecule has 0 radical (unpaired) electrons. The van der Waals surface area contributed by atoms with E-state index in [2.05, 4.69) is 32.8 Å². The van der Waals surface area contributed by atoms with Gasteiger partial charge < -0.3 is 30.5 Å². The number of benzene rings is 2. The van der Waals surface area contributed by atoms with Crippen molar-refractivity contribution in [3.05, 3.63) is 118 Å². The first-order valence-electron chi connectivity index (χ1n) is 21.8. The number of carbonyl (C=O) groups is 4. The minimum absolute atomic E-state index is 0.0227. The van der Waals surface area contributed by atoms with Gasteiger partial charge in [-0.25, -0.2) is 9.78 Å². The zero-order chi connectivity index (χ0) is 46.3. The number of pyridine rings is 1. The van der Waals surface area contributed by atoms with E-state index in [0.29, 0.717) is 87.5 Å². The number of aromatic nitrogens is 1. The van der Waals surface area contributed by atoms with E-state index < -0.39 is 33.5 Å². The van der Waals surface area contributed by atoms with Crippen molar-refractivity contribution in [2.75, 3.05) is 38.3 Å². The van der Waals surface area contributed by atoms with Gasteiger partial charge in [0.1, 0.15) is 23.4 Å². The summed E-state index contributed by atoms with van der Waals surface area (Å²) in [7, 11) is -4.30. The molecule has 15 nitrogen and oxygen atoms in total. The second-order valence-electron chi connectivity index (χ2n) is 16.8. The number of fused-ring (bicyclic) bond motifs is 1. The highest BCUT2D eigenvalue weighted by atomic mass is 32.2. The quantitative estimate of drug-likeness (QED) is 0.0233. The first-order chi connectivity index (χ1) is 30.6. The minimum atomic E-state index is -4.30. The molecule has 0 saturated carbocycles. The van der Waals surface area contributed by atoms with Crippen LogP contribution in [0, 0.1) is 17.3 Å². The second-order valence-corrected chi connectivity index (χ2v) is 18.3. The number of hydrogen-bond acceptors (Lipinski definition) is 11. The number of allylic oxidation sites excluding steroid dienone is 4. The van der Waals surface area contributed by atoms with Gasteiger partial charge in [0.15, 0.2) is 5.78 Å². The summed E-state index contributed by atoms with van der Waals surface area (Å²) >= 11 is 0. The number of carboxylic acids is 1. The van der Waals surface area contributed by atoms with Crippen molar-refractivity contribution in [2.24, 2.45) is 17.3 Å². The number of nitrogens with zero attached hydrogens (tertiary/aromatic N) is 1. The molecule has 1 heterocycles. The number of rotatable bonds is 25. The van der Waals surface area contributed by atoms with Gasteiger partial charge >= 0.3 is 5.97 Å². The summed E-state index contributed by atoms with van der Waals surface area (Å²) in [4.78, 5) is 54.8. The fraction of sp³-hybridized carbons (Fsp3) is 0.438. The SMILES string of the molecule is C=CCc1c(OCCCCC(C)(C)C(=O)NC(Cc2ccc(OCCCNC(=O)c3ccc(NCNCC4C(S(=O)(=O)O)=CC=CC4C)nc3)cc2)C(=O)O)ccc2c1CCCC2=O. The number of anilines is 1. The Morgan fingerprint density at radius 1 is 1.02 bits per heavy atom. The molecule has 344 valence electrons. The molecule has 3 aromatic rings. The van der Waals surface area contributed by atoms with Gasteiger partial charge in [0.2, 0.25) is 5.91 Å². The Morgan fingerprint density at radius 2 is 1.78 bits per heavy atom. The predicted octanol–water partition coefficient (Wildman–Crippen LogP) is 6.47. The van der Waals surface area contributed by atoms with Crippen LogP contribution < -0.4 is 30.7 Å². The molecule has 5 rings (SSSR count). The minimum Gasteiger partial charge on any atom is -0.494 e. The van der Waals surface area contributed by atoms with Crippen molar-refractivity contribution in [2.45, 2.75) is 84.6 Å². The van der Waals surface area contributed by atoms with Gasteiger partial charge in [0, 0.05) is 54.6 Å². The van der Waals surface area contributed by atoms with Gasteiger partial charge in [-0.2, -0.15) is 8.42 Å². The molecule has 2 aromatic carbocycles. The van der Waals surface area contributed by atoms with Gasteiger partial charge in [-0.1, -0.05) is 51.1 Å². The Balaban J connectivity index is 0.966. The number of carboxylic acid groups (broad SMARTS) is 1. The van der Waals surface area contributed by atoms with Gasteiger partial charge in [-0.15, -0.1) is 6.58 Å². The van der Waals surface area contributed by atoms with Crippen molar-refractivity contribution in [3.8, 4) is 11.5 Å². The molecule has 0 spiro atoms. The third-order valence-electron chi connectivity index (χ3n) is 11.5. The van der Waals surface area contributed by atoms with Crippen molar-refractivity contribution in [1.29, 1.82) is 0 Å². The average Bonchev–Trinajstić information content (AvgIpc) is 3.26. The van der Waals surface area contributed by atoms with Gasteiger partial charge in [0.05, 0.1) is 30.4 Å². The Kier molecular flexibility index (Phi) is 17.8. The first-order valence-corrected chi connectivity index (χ1v) is 23.2. The molecule has 16 heteroatoms. The lowest BCUT2D eigenvalue weighted by Gasteiger charge is -2.26. The number of hydrogen-bond donors (Lipinski definition) is 6. The first kappa shape index (κ1) is 49.2. The third kappa shape index (κ3) is 14.1. The van der Waals surface area contributed by atoms with Crippen molar-refractivity contribution >= 4 is 39.5 Å². The van der Waals surface area contributed by atoms with E-state index in [1.807, 2.05) is 45.1 Å². The largest absolute Gasteiger partial charge is 0.494 e. The van der Waals surface area contributed by atoms with Crippen LogP contribution in [0.25, 0.3) is 0 Å². The summed E-state index contributed by atoms with van der Waals surface area (Å²) in [5, 5.41) is 21.7. The third-order valence-corrected chi connectivity index (χ3v) is 12.6. The highest BCUT2D eigenvalue weighted by Gasteiger charge is 2.32. The molecule has 2 amide bonds. The number of Topliss-reactive ketones (excluding diaryl/α,β-unsaturated/α-hetero) is 1. The molecule has 0 bridgehead atoms. The molecule has 2 aliphatic carbocycles. The lowest BCUT2D eigenvalue weighted by Crippen LogP contribution is -2.47. The van der Waals surface area contributed by atoms with Crippen LogP contribution in [-0.2, 0) is 39.0 Å². The molecule has 64 heavy (non-hydrogen) atoms. The summed E-state index contributed by atoms with van der Waals surface area (Å²) in [6, 6.07) is 12.9. The summed E-state index contributed by atoms with van der Waals surface area (Å²) in [5.74, 6) is -0.222. The molecule has 3 unspecified atom stereocenters. The molecule has 2 aliphatic rings. The Labute approximate surface area is 375 Å². The highest BCUT2D eigenvalue weighted by molar-refractivity contribution is 7.89. The molecule has 0 aliphatic heterocycles. The van der Waals surface area contributed by atoms with Gasteiger partial charge in [-0.3, -0.25) is 24.3 Å². The van der Waals surface area contributed by atoms with E-state index in [4.69, 9.17) is 9.47 Å². The smallest absolute Gasteiger partial charge is 0.326 e. The molecular formula is C48H61N5O10S. The van der Waals surface area contributed by atoms with E-state index in [9.17, 15) is 37.3 Å². The standard InChI is InChI=1S/C48H61N5O10S/c1-5-11-38-36-13-9-14-41(54)37(36)21-22-42(38)63-26-7-6-24-48(3,4)47(58)53-40(46(56)57)28-33-16-19-35(20-17-33)62-27-10-25-50-45(55)34-18-23-44(51-29-34)52-31-49-30-39-32(2)12-8-15-43(39)64(59,60)61/h5,8,12,15-23,29,32,39-40,49H,1,6-7,9-11,13-14,24-28,30-31H2,2-4H3,(H,50,55)(H,51,52)(H,53,58)(H,56,57)(H,59,60,61). The van der Waals surface area contributed by atoms with E-state index in [-0.39, 0.29) is 41.5 Å². The van der Waals surface area contributed by atoms with Crippen LogP contribution in [0.1, 0.15) is 96.7 Å². The maximum atomic E-state index is 13.3. The lowest BCUT2D eigenvalue weighted by atomic mass is 9.85. The zero-order valence-electron chi connectivity index (χ0n) is 36.9. The van der Waals surface area contributed by atoms with E-state index in [1.54, 1.807) is 42.5 Å². The van der Waals surface area contributed by atoms with Crippen LogP contribution in [0.5, 0.6) is 11.5 Å². The van der Waals surface area contributed by atoms with Crippen molar-refractivity contribution < 1.29 is 46.7 Å². The Morgan fingerprint density at radius 3 is 2.48 bits per heavy atom. The van der Waals surface area contributed by atoms with Crippen LogP contribution in [0.15, 0.2) is 90.5 Å². The van der Waals surface area contributed by atoms with Crippen molar-refractivity contribution in [1.82, 2.24) is 20.9 Å². The monoisotopic (exact) mass is 899 g/mol. The summed E-state index contributed by atoms with van der Waals surface area (Å²) in [6.45, 7) is 11.1. The normalized spacial score (nSPS) is 16.5. The number of ketones is 1. The van der Waals surface area contributed by atoms with E-state index >= 15 is 0 Å². The van der Waals surface area contributed by atoms with Crippen LogP contribution >= 0.6 is 0 Å². The molecular weight excluding hydrogens is 839 g/mol. The summed E-state index contributed by atoms with van der Waals surface area (Å²) < 4.78 is 45.0. The average molecular weight is 900 g/mol. The van der Waals surface area contributed by atoms with Crippen LogP contribution in [0.2, 0.25) is 0 Å². The number of nitrogens with one attached hydrogen (secondary N) is 4. The fourth-order valence-electron chi connectivity index (χ4n) is 7.74. The highest BCUT2D eigenvalue weighted by Crippen LogP contribution is 2.33. The van der Waals surface area contributed by atoms with Crippen molar-refractivity contribution in [3.63, 3.8) is 0 Å². The summed E-state index contributed by atoms with van der Waals surface area (Å²) in [6.07, 6.45) is 13.6. The van der Waals surface area contributed by atoms with E-state index in [1.165, 1.54) is 12.3 Å². The fourth-order valence-corrected chi connectivity index (χ4v) is 8.67. The maximum absolute atomic E-state index is 13.3. The number of carbonyl (C=O) groups excluding carboxylic acids is 3. The molecule has 0 saturated heterocycles. The number of unbranched alkanes of at least 4 members (excludes halogenated alkanes) is 1. The van der Waals surface area contributed by atoms with Crippen LogP contribution in [-0.4, -0.2) is 85.6 Å². The summed E-state index contributed by atoms with van der Waals surface area (Å²) in [5.41, 5.74) is 3.14. The molecule has 1 aromatic heterocycles. The Bertz CT molecular complexity index is 2290. The molecule has 3 atom stereocenters. The van der Waals surface area contributed by atoms with Gasteiger partial charge in [0.25, 0.3) is 16.0 Å². The second kappa shape index (κ2) is 23.2. The lowest BCUT2D eigenvalue weighted by molar-refractivity contribution is -0.143.